The maximum atomic E-state index is 12.5. The molecule has 118 valence electrons. The largest absolute Gasteiger partial charge is 0.573 e. The quantitative estimate of drug-likeness (QED) is 0.756. The fourth-order valence-corrected chi connectivity index (χ4v) is 2.01. The molecule has 0 amide bonds. The summed E-state index contributed by atoms with van der Waals surface area (Å²) in [6, 6.07) is 3.77. The van der Waals surface area contributed by atoms with Gasteiger partial charge in [-0.25, -0.2) is 0 Å². The highest BCUT2D eigenvalue weighted by Gasteiger charge is 2.32. The number of aryl methyl sites for hydroxylation is 1. The Hall–Kier alpha value is -2.31. The molecule has 0 radical (unpaired) electrons. The molecule has 0 atom stereocenters. The van der Waals surface area contributed by atoms with Gasteiger partial charge in [-0.2, -0.15) is 5.10 Å². The highest BCUT2D eigenvalue weighted by atomic mass is 19.4. The van der Waals surface area contributed by atoms with Crippen LogP contribution in [0.3, 0.4) is 0 Å². The molecule has 1 aromatic carbocycles. The SMILES string of the molecule is CCCCn1cc(-c2cc(C=O)ccc2OC(F)(F)F)cn1. The maximum absolute atomic E-state index is 12.5. The molecule has 0 aliphatic rings. The summed E-state index contributed by atoms with van der Waals surface area (Å²) in [5, 5.41) is 4.11. The second-order valence-corrected chi connectivity index (χ2v) is 4.77. The van der Waals surface area contributed by atoms with E-state index < -0.39 is 6.36 Å². The van der Waals surface area contributed by atoms with E-state index in [4.69, 9.17) is 0 Å². The predicted octanol–water partition coefficient (Wildman–Crippen LogP) is 4.06. The molecule has 1 aromatic heterocycles. The van der Waals surface area contributed by atoms with E-state index in [-0.39, 0.29) is 16.9 Å². The first kappa shape index (κ1) is 16.1. The lowest BCUT2D eigenvalue weighted by Crippen LogP contribution is -2.17. The maximum Gasteiger partial charge on any atom is 0.573 e. The number of aldehydes is 1. The zero-order valence-corrected chi connectivity index (χ0v) is 11.9. The van der Waals surface area contributed by atoms with E-state index >= 15 is 0 Å². The number of unbranched alkanes of at least 4 members (excludes halogenated alkanes) is 1. The molecular weight excluding hydrogens is 297 g/mol. The van der Waals surface area contributed by atoms with E-state index in [1.54, 1.807) is 10.9 Å². The fraction of sp³-hybridized carbons (Fsp3) is 0.333. The second kappa shape index (κ2) is 6.64. The van der Waals surface area contributed by atoms with E-state index in [0.717, 1.165) is 18.9 Å². The van der Waals surface area contributed by atoms with Gasteiger partial charge in [0.25, 0.3) is 0 Å². The van der Waals surface area contributed by atoms with Crippen molar-refractivity contribution in [2.45, 2.75) is 32.7 Å². The standard InChI is InChI=1S/C15H15F3N2O2/c1-2-3-6-20-9-12(8-19-20)13-7-11(10-21)4-5-14(13)22-15(16,17)18/h4-5,7-10H,2-3,6H2,1H3. The van der Waals surface area contributed by atoms with Crippen molar-refractivity contribution in [3.8, 4) is 16.9 Å². The lowest BCUT2D eigenvalue weighted by atomic mass is 10.1. The minimum Gasteiger partial charge on any atom is -0.405 e. The number of hydrogen-bond donors (Lipinski definition) is 0. The number of ether oxygens (including phenoxy) is 1. The van der Waals surface area contributed by atoms with Crippen molar-refractivity contribution in [2.24, 2.45) is 0 Å². The van der Waals surface area contributed by atoms with Crippen LogP contribution in [0.2, 0.25) is 0 Å². The number of aromatic nitrogens is 2. The normalized spacial score (nSPS) is 11.5. The number of nitrogens with zero attached hydrogens (tertiary/aromatic N) is 2. The van der Waals surface area contributed by atoms with Crippen LogP contribution in [0.4, 0.5) is 13.2 Å². The molecule has 0 bridgehead atoms. The van der Waals surface area contributed by atoms with E-state index in [2.05, 4.69) is 9.84 Å². The van der Waals surface area contributed by atoms with Gasteiger partial charge in [0.15, 0.2) is 0 Å². The molecule has 0 N–H and O–H groups in total. The van der Waals surface area contributed by atoms with Crippen LogP contribution in [0.15, 0.2) is 30.6 Å². The summed E-state index contributed by atoms with van der Waals surface area (Å²) < 4.78 is 43.1. The summed E-state index contributed by atoms with van der Waals surface area (Å²) >= 11 is 0. The van der Waals surface area contributed by atoms with Gasteiger partial charge in [-0.05, 0) is 24.6 Å². The number of halogens is 3. The molecule has 0 fully saturated rings. The first-order valence-corrected chi connectivity index (χ1v) is 6.80. The molecule has 0 aliphatic heterocycles. The van der Waals surface area contributed by atoms with Gasteiger partial charge in [-0.15, -0.1) is 13.2 Å². The molecular formula is C15H15F3N2O2. The number of alkyl halides is 3. The minimum atomic E-state index is -4.80. The Balaban J connectivity index is 2.38. The molecule has 2 aromatic rings. The Labute approximate surface area is 125 Å². The van der Waals surface area contributed by atoms with Gasteiger partial charge in [0.1, 0.15) is 12.0 Å². The number of benzene rings is 1. The first-order chi connectivity index (χ1) is 10.4. The Morgan fingerprint density at radius 2 is 2.14 bits per heavy atom. The summed E-state index contributed by atoms with van der Waals surface area (Å²) in [6.07, 6.45) is 0.781. The molecule has 0 saturated carbocycles. The average molecular weight is 312 g/mol. The third-order valence-electron chi connectivity index (χ3n) is 3.05. The summed E-state index contributed by atoms with van der Waals surface area (Å²) in [5.74, 6) is -0.354. The van der Waals surface area contributed by atoms with Crippen molar-refractivity contribution >= 4 is 6.29 Å². The van der Waals surface area contributed by atoms with Crippen molar-refractivity contribution < 1.29 is 22.7 Å². The monoisotopic (exact) mass is 312 g/mol. The van der Waals surface area contributed by atoms with E-state index in [9.17, 15) is 18.0 Å². The van der Waals surface area contributed by atoms with Gasteiger partial charge in [0.05, 0.1) is 6.20 Å². The van der Waals surface area contributed by atoms with Crippen LogP contribution in [0, 0.1) is 0 Å². The number of rotatable bonds is 6. The average Bonchev–Trinajstić information content (AvgIpc) is 2.92. The van der Waals surface area contributed by atoms with Crippen LogP contribution in [0.5, 0.6) is 5.75 Å². The van der Waals surface area contributed by atoms with Crippen LogP contribution in [-0.4, -0.2) is 22.4 Å². The topological polar surface area (TPSA) is 44.1 Å². The zero-order chi connectivity index (χ0) is 16.2. The smallest absolute Gasteiger partial charge is 0.405 e. The molecule has 4 nitrogen and oxygen atoms in total. The lowest BCUT2D eigenvalue weighted by molar-refractivity contribution is -0.274. The van der Waals surface area contributed by atoms with Gasteiger partial charge in [-0.3, -0.25) is 9.48 Å². The van der Waals surface area contributed by atoms with Gasteiger partial charge < -0.3 is 4.74 Å². The molecule has 1 heterocycles. The fourth-order valence-electron chi connectivity index (χ4n) is 2.01. The Morgan fingerprint density at radius 1 is 1.36 bits per heavy atom. The van der Waals surface area contributed by atoms with E-state index in [1.165, 1.54) is 18.3 Å². The molecule has 2 rings (SSSR count). The van der Waals surface area contributed by atoms with Crippen LogP contribution in [0.25, 0.3) is 11.1 Å². The first-order valence-electron chi connectivity index (χ1n) is 6.80. The predicted molar refractivity (Wildman–Crippen MR) is 74.6 cm³/mol. The third kappa shape index (κ3) is 4.09. The summed E-state index contributed by atoms with van der Waals surface area (Å²) in [6.45, 7) is 2.71. The van der Waals surface area contributed by atoms with Crippen molar-refractivity contribution in [3.05, 3.63) is 36.2 Å². The molecule has 22 heavy (non-hydrogen) atoms. The van der Waals surface area contributed by atoms with E-state index in [0.29, 0.717) is 18.4 Å². The van der Waals surface area contributed by atoms with Crippen LogP contribution in [0.1, 0.15) is 30.1 Å². The zero-order valence-electron chi connectivity index (χ0n) is 11.9. The minimum absolute atomic E-state index is 0.185. The third-order valence-corrected chi connectivity index (χ3v) is 3.05. The highest BCUT2D eigenvalue weighted by molar-refractivity contribution is 5.81. The molecule has 7 heteroatoms. The molecule has 0 saturated heterocycles. The van der Waals surface area contributed by atoms with Crippen molar-refractivity contribution in [3.63, 3.8) is 0 Å². The van der Waals surface area contributed by atoms with Crippen LogP contribution < -0.4 is 4.74 Å². The Bertz CT molecular complexity index is 650. The summed E-state index contributed by atoms with van der Waals surface area (Å²) in [5.41, 5.74) is 0.926. The number of carbonyl (C=O) groups excluding carboxylic acids is 1. The Kier molecular flexibility index (Phi) is 4.85. The molecule has 0 aliphatic carbocycles. The summed E-state index contributed by atoms with van der Waals surface area (Å²) in [7, 11) is 0. The van der Waals surface area contributed by atoms with Crippen molar-refractivity contribution in [2.75, 3.05) is 0 Å². The highest BCUT2D eigenvalue weighted by Crippen LogP contribution is 2.34. The van der Waals surface area contributed by atoms with Crippen LogP contribution in [-0.2, 0) is 6.54 Å². The lowest BCUT2D eigenvalue weighted by Gasteiger charge is -2.12. The van der Waals surface area contributed by atoms with Gasteiger partial charge in [0.2, 0.25) is 0 Å². The van der Waals surface area contributed by atoms with E-state index in [1.807, 2.05) is 6.92 Å². The van der Waals surface area contributed by atoms with Gasteiger partial charge in [0, 0.05) is 29.4 Å². The second-order valence-electron chi connectivity index (χ2n) is 4.77. The number of hydrogen-bond acceptors (Lipinski definition) is 3. The van der Waals surface area contributed by atoms with Gasteiger partial charge >= 0.3 is 6.36 Å². The molecule has 0 spiro atoms. The Morgan fingerprint density at radius 3 is 2.77 bits per heavy atom. The van der Waals surface area contributed by atoms with Crippen molar-refractivity contribution in [1.29, 1.82) is 0 Å². The summed E-state index contributed by atoms with van der Waals surface area (Å²) in [4.78, 5) is 10.8. The van der Waals surface area contributed by atoms with Crippen molar-refractivity contribution in [1.82, 2.24) is 9.78 Å². The molecule has 0 unspecified atom stereocenters. The number of carbonyl (C=O) groups is 1. The van der Waals surface area contributed by atoms with Crippen LogP contribution >= 0.6 is 0 Å². The van der Waals surface area contributed by atoms with Gasteiger partial charge in [-0.1, -0.05) is 13.3 Å².